The summed E-state index contributed by atoms with van der Waals surface area (Å²) in [6.07, 6.45) is 10.3. The topological polar surface area (TPSA) is 6.48 Å². The van der Waals surface area contributed by atoms with Crippen LogP contribution in [0.3, 0.4) is 0 Å². The highest BCUT2D eigenvalue weighted by Crippen LogP contribution is 2.62. The Morgan fingerprint density at radius 2 is 1.53 bits per heavy atom. The fraction of sp³-hybridized carbons (Fsp3) is 0.381. The molecule has 4 aliphatic heterocycles. The van der Waals surface area contributed by atoms with Gasteiger partial charge in [0.1, 0.15) is 0 Å². The molecule has 2 nitrogen and oxygen atoms in total. The summed E-state index contributed by atoms with van der Waals surface area (Å²) in [5.74, 6) is 0. The maximum absolute atomic E-state index is 2.88. The van der Waals surface area contributed by atoms with Gasteiger partial charge in [0, 0.05) is 33.6 Å². The Labute approximate surface area is 268 Å². The van der Waals surface area contributed by atoms with Gasteiger partial charge in [-0.05, 0) is 100 Å². The number of benzene rings is 4. The highest BCUT2D eigenvalue weighted by atomic mass is 15.3. The lowest BCUT2D eigenvalue weighted by Gasteiger charge is -2.53. The van der Waals surface area contributed by atoms with Crippen LogP contribution in [0.2, 0.25) is 0 Å². The van der Waals surface area contributed by atoms with E-state index in [9.17, 15) is 0 Å². The molecule has 2 aliphatic carbocycles. The second-order valence-electron chi connectivity index (χ2n) is 16.8. The fourth-order valence-electron chi connectivity index (χ4n) is 10.8. The van der Waals surface area contributed by atoms with Crippen LogP contribution in [-0.2, 0) is 16.2 Å². The molecule has 0 radical (unpaired) electrons. The number of hydrogen-bond acceptors (Lipinski definition) is 2. The number of nitrogens with zero attached hydrogens (tertiary/aromatic N) is 2. The Kier molecular flexibility index (Phi) is 4.70. The minimum Gasteiger partial charge on any atom is -0.335 e. The maximum atomic E-state index is 2.88. The third-order valence-electron chi connectivity index (χ3n) is 13.4. The molecular formula is C42H43BN2. The quantitative estimate of drug-likeness (QED) is 0.226. The maximum Gasteiger partial charge on any atom is 0.252 e. The van der Waals surface area contributed by atoms with Crippen molar-refractivity contribution in [3.63, 3.8) is 0 Å². The van der Waals surface area contributed by atoms with Crippen LogP contribution in [0, 0.1) is 6.92 Å². The van der Waals surface area contributed by atoms with Crippen molar-refractivity contribution in [1.82, 2.24) is 0 Å². The number of para-hydroxylation sites is 1. The van der Waals surface area contributed by atoms with Gasteiger partial charge in [-0.3, -0.25) is 0 Å². The molecule has 1 fully saturated rings. The molecule has 3 heteroatoms. The van der Waals surface area contributed by atoms with Crippen molar-refractivity contribution in [2.75, 3.05) is 9.80 Å². The van der Waals surface area contributed by atoms with E-state index in [1.54, 1.807) is 5.56 Å². The van der Waals surface area contributed by atoms with E-state index in [1.807, 2.05) is 0 Å². The van der Waals surface area contributed by atoms with Crippen molar-refractivity contribution in [3.05, 3.63) is 99.4 Å². The van der Waals surface area contributed by atoms with Crippen molar-refractivity contribution >= 4 is 58.0 Å². The average molecular weight is 587 g/mol. The monoisotopic (exact) mass is 586 g/mol. The highest BCUT2D eigenvalue weighted by molar-refractivity contribution is 7.00. The molecule has 0 amide bonds. The summed E-state index contributed by atoms with van der Waals surface area (Å²) in [5, 5.41) is 2.71. The number of rotatable bonds is 0. The molecule has 4 atom stereocenters. The summed E-state index contributed by atoms with van der Waals surface area (Å²) in [5.41, 5.74) is 16.5. The molecule has 1 saturated carbocycles. The number of fused-ring (bicyclic) bond motifs is 11. The zero-order chi connectivity index (χ0) is 30.8. The Bertz CT molecular complexity index is 2150. The first kappa shape index (κ1) is 26.5. The third kappa shape index (κ3) is 2.92. The molecule has 4 unspecified atom stereocenters. The second-order valence-corrected chi connectivity index (χ2v) is 16.8. The van der Waals surface area contributed by atoms with Crippen LogP contribution in [0.15, 0.2) is 66.7 Å². The highest BCUT2D eigenvalue weighted by Gasteiger charge is 2.62. The first-order valence-corrected chi connectivity index (χ1v) is 17.3. The lowest BCUT2D eigenvalue weighted by molar-refractivity contribution is 0.195. The molecule has 4 aromatic carbocycles. The van der Waals surface area contributed by atoms with E-state index in [2.05, 4.69) is 137 Å². The summed E-state index contributed by atoms with van der Waals surface area (Å²) < 4.78 is 0. The van der Waals surface area contributed by atoms with E-state index >= 15 is 0 Å². The molecule has 224 valence electrons. The van der Waals surface area contributed by atoms with Gasteiger partial charge in [-0.15, -0.1) is 0 Å². The predicted octanol–water partition coefficient (Wildman–Crippen LogP) is 6.23. The molecule has 45 heavy (non-hydrogen) atoms. The van der Waals surface area contributed by atoms with Crippen LogP contribution < -0.4 is 36.6 Å². The summed E-state index contributed by atoms with van der Waals surface area (Å²) >= 11 is 0. The van der Waals surface area contributed by atoms with E-state index in [0.29, 0.717) is 0 Å². The summed E-state index contributed by atoms with van der Waals surface area (Å²) in [6, 6.07) is 26.8. The summed E-state index contributed by atoms with van der Waals surface area (Å²) in [4.78, 5) is 5.64. The van der Waals surface area contributed by atoms with Crippen LogP contribution >= 0.6 is 0 Å². The van der Waals surface area contributed by atoms with Gasteiger partial charge >= 0.3 is 0 Å². The van der Waals surface area contributed by atoms with E-state index in [0.717, 1.165) is 0 Å². The standard InChI is InChI=1S/C42H43BN2/c1-25-19-33-36-34(20-25)45-38-30(41(6)17-10-11-18-42(41,45)7)22-28(39(2,3)4)23-32(38)43(36)31-16-12-15-29-37(31)44(33)35-21-26-13-8-9-14-27(26)24-40(29,35)5/h8-9,12-16,19-24,35H,10-11,17-18H2,1-7H3. The number of anilines is 4. The van der Waals surface area contributed by atoms with Gasteiger partial charge in [-0.1, -0.05) is 107 Å². The van der Waals surface area contributed by atoms with Gasteiger partial charge in [-0.25, -0.2) is 0 Å². The second kappa shape index (κ2) is 7.98. The van der Waals surface area contributed by atoms with Crippen molar-refractivity contribution in [3.8, 4) is 0 Å². The van der Waals surface area contributed by atoms with Crippen LogP contribution in [-0.4, -0.2) is 18.3 Å². The largest absolute Gasteiger partial charge is 0.335 e. The van der Waals surface area contributed by atoms with Crippen molar-refractivity contribution in [2.45, 2.75) is 102 Å². The molecule has 0 N–H and O–H groups in total. The predicted molar refractivity (Wildman–Crippen MR) is 192 cm³/mol. The van der Waals surface area contributed by atoms with Gasteiger partial charge in [-0.2, -0.15) is 0 Å². The molecule has 0 aromatic heterocycles. The fourth-order valence-corrected chi connectivity index (χ4v) is 10.8. The summed E-state index contributed by atoms with van der Waals surface area (Å²) in [6.45, 7) is 17.5. The van der Waals surface area contributed by atoms with Crippen LogP contribution in [0.25, 0.3) is 12.2 Å². The first-order chi connectivity index (χ1) is 21.5. The molecule has 4 heterocycles. The lowest BCUT2D eigenvalue weighted by atomic mass is 9.33. The zero-order valence-electron chi connectivity index (χ0n) is 27.9. The van der Waals surface area contributed by atoms with Crippen molar-refractivity contribution < 1.29 is 0 Å². The van der Waals surface area contributed by atoms with Crippen molar-refractivity contribution in [2.24, 2.45) is 0 Å². The molecule has 6 aliphatic rings. The van der Waals surface area contributed by atoms with E-state index in [4.69, 9.17) is 0 Å². The Balaban J connectivity index is 1.35. The zero-order valence-corrected chi connectivity index (χ0v) is 27.9. The number of hydrogen-bond donors (Lipinski definition) is 0. The lowest BCUT2D eigenvalue weighted by Crippen LogP contribution is -2.65. The minimum atomic E-state index is -0.101. The third-order valence-corrected chi connectivity index (χ3v) is 13.4. The Morgan fingerprint density at radius 1 is 0.778 bits per heavy atom. The average Bonchev–Trinajstić information content (AvgIpc) is 3.38. The molecule has 4 aromatic rings. The molecule has 10 rings (SSSR count). The van der Waals surface area contributed by atoms with Gasteiger partial charge in [0.2, 0.25) is 0 Å². The van der Waals surface area contributed by atoms with Gasteiger partial charge in [0.05, 0.1) is 11.6 Å². The van der Waals surface area contributed by atoms with Gasteiger partial charge < -0.3 is 9.80 Å². The van der Waals surface area contributed by atoms with Crippen LogP contribution in [0.4, 0.5) is 22.7 Å². The molecule has 0 saturated heterocycles. The van der Waals surface area contributed by atoms with Gasteiger partial charge in [0.25, 0.3) is 6.71 Å². The normalized spacial score (nSPS) is 29.1. The van der Waals surface area contributed by atoms with Gasteiger partial charge in [0.15, 0.2) is 0 Å². The summed E-state index contributed by atoms with van der Waals surface area (Å²) in [7, 11) is 0. The molecule has 0 spiro atoms. The van der Waals surface area contributed by atoms with E-state index in [-0.39, 0.29) is 34.5 Å². The van der Waals surface area contributed by atoms with Crippen LogP contribution in [0.1, 0.15) is 89.5 Å². The van der Waals surface area contributed by atoms with E-state index < -0.39 is 0 Å². The number of aryl methyl sites for hydroxylation is 1. The van der Waals surface area contributed by atoms with Crippen LogP contribution in [0.5, 0.6) is 0 Å². The minimum absolute atomic E-state index is 0.0523. The van der Waals surface area contributed by atoms with Crippen molar-refractivity contribution in [1.29, 1.82) is 0 Å². The van der Waals surface area contributed by atoms with E-state index in [1.165, 1.54) is 91.9 Å². The smallest absolute Gasteiger partial charge is 0.252 e. The first-order valence-electron chi connectivity index (χ1n) is 17.3. The molecule has 0 bridgehead atoms. The molecular weight excluding hydrogens is 543 g/mol. The Hall–Kier alpha value is -3.72. The Morgan fingerprint density at radius 3 is 2.33 bits per heavy atom. The SMILES string of the molecule is Cc1cc2c3c(c1)N1c4c(cc(C(C)(C)C)cc4C4(C)CCCCC14C)B3c1cccc3c1N2C1C=c2ccccc2=CC31C.